The Kier molecular flexibility index (Phi) is 4.37. The summed E-state index contributed by atoms with van der Waals surface area (Å²) >= 11 is 0. The summed E-state index contributed by atoms with van der Waals surface area (Å²) in [4.78, 5) is 0. The first-order valence-corrected chi connectivity index (χ1v) is 6.36. The van der Waals surface area contributed by atoms with Gasteiger partial charge in [-0.3, -0.25) is 0 Å². The molecule has 0 amide bonds. The second-order valence-corrected chi connectivity index (χ2v) is 5.82. The van der Waals surface area contributed by atoms with Gasteiger partial charge in [-0.15, -0.1) is 0 Å². The van der Waals surface area contributed by atoms with E-state index in [4.69, 9.17) is 5.11 Å². The Morgan fingerprint density at radius 3 is 2.75 bits per heavy atom. The van der Waals surface area contributed by atoms with Crippen LogP contribution in [-0.2, 0) is 0 Å². The summed E-state index contributed by atoms with van der Waals surface area (Å²) in [7, 11) is 0. The van der Waals surface area contributed by atoms with Crippen LogP contribution in [0.15, 0.2) is 23.8 Å². The molecule has 0 saturated heterocycles. The lowest BCUT2D eigenvalue weighted by molar-refractivity contribution is 0.211. The molecule has 1 rings (SSSR count). The minimum Gasteiger partial charge on any atom is -0.392 e. The van der Waals surface area contributed by atoms with Crippen molar-refractivity contribution >= 4 is 0 Å². The molecule has 0 radical (unpaired) electrons. The second kappa shape index (κ2) is 5.18. The van der Waals surface area contributed by atoms with Crippen LogP contribution in [0, 0.1) is 17.3 Å². The second-order valence-electron chi connectivity index (χ2n) is 5.82. The normalized spacial score (nSPS) is 31.5. The molecule has 0 bridgehead atoms. The molecule has 0 unspecified atom stereocenters. The SMILES string of the molecule is C=C1CC[C@H](C(C)C)[C@@]1(C)C/C=C(\C)CO. The number of rotatable bonds is 4. The van der Waals surface area contributed by atoms with E-state index in [0.717, 1.165) is 17.9 Å². The Balaban J connectivity index is 2.82. The van der Waals surface area contributed by atoms with Gasteiger partial charge in [0.2, 0.25) is 0 Å². The average Bonchev–Trinajstić information content (AvgIpc) is 2.53. The van der Waals surface area contributed by atoms with Crippen molar-refractivity contribution in [3.8, 4) is 0 Å². The van der Waals surface area contributed by atoms with Crippen molar-refractivity contribution in [2.45, 2.75) is 47.0 Å². The highest BCUT2D eigenvalue weighted by Gasteiger charge is 2.41. The summed E-state index contributed by atoms with van der Waals surface area (Å²) in [5.74, 6) is 1.45. The molecule has 1 aliphatic rings. The number of aliphatic hydroxyl groups excluding tert-OH is 1. The highest BCUT2D eigenvalue weighted by molar-refractivity contribution is 5.20. The Morgan fingerprint density at radius 2 is 2.25 bits per heavy atom. The van der Waals surface area contributed by atoms with E-state index in [1.54, 1.807) is 0 Å². The van der Waals surface area contributed by atoms with Gasteiger partial charge in [0.25, 0.3) is 0 Å². The minimum atomic E-state index is 0.175. The fraction of sp³-hybridized carbons (Fsp3) is 0.733. The molecule has 0 aromatic carbocycles. The first-order valence-electron chi connectivity index (χ1n) is 6.36. The van der Waals surface area contributed by atoms with Crippen molar-refractivity contribution in [1.82, 2.24) is 0 Å². The molecule has 0 spiro atoms. The zero-order chi connectivity index (χ0) is 12.3. The molecule has 1 N–H and O–H groups in total. The summed E-state index contributed by atoms with van der Waals surface area (Å²) < 4.78 is 0. The van der Waals surface area contributed by atoms with E-state index < -0.39 is 0 Å². The van der Waals surface area contributed by atoms with Crippen molar-refractivity contribution in [3.63, 3.8) is 0 Å². The van der Waals surface area contributed by atoms with Gasteiger partial charge in [-0.25, -0.2) is 0 Å². The molecule has 0 aromatic rings. The summed E-state index contributed by atoms with van der Waals surface area (Å²) in [5.41, 5.74) is 2.71. The molecule has 0 aliphatic heterocycles. The van der Waals surface area contributed by atoms with Crippen LogP contribution in [0.5, 0.6) is 0 Å². The van der Waals surface area contributed by atoms with E-state index >= 15 is 0 Å². The smallest absolute Gasteiger partial charge is 0.0639 e. The summed E-state index contributed by atoms with van der Waals surface area (Å²) in [5, 5.41) is 9.04. The largest absolute Gasteiger partial charge is 0.392 e. The molecular formula is C15H26O. The maximum absolute atomic E-state index is 9.04. The monoisotopic (exact) mass is 222 g/mol. The third-order valence-electron chi connectivity index (χ3n) is 4.31. The topological polar surface area (TPSA) is 20.2 Å². The summed E-state index contributed by atoms with van der Waals surface area (Å²) in [6, 6.07) is 0. The van der Waals surface area contributed by atoms with E-state index in [9.17, 15) is 0 Å². The van der Waals surface area contributed by atoms with Crippen LogP contribution in [-0.4, -0.2) is 11.7 Å². The molecule has 1 aliphatic carbocycles. The van der Waals surface area contributed by atoms with Crippen molar-refractivity contribution in [3.05, 3.63) is 23.8 Å². The van der Waals surface area contributed by atoms with Crippen LogP contribution < -0.4 is 0 Å². The molecular weight excluding hydrogens is 196 g/mol. The fourth-order valence-electron chi connectivity index (χ4n) is 3.01. The van der Waals surface area contributed by atoms with Crippen LogP contribution in [0.4, 0.5) is 0 Å². The van der Waals surface area contributed by atoms with Gasteiger partial charge in [0.05, 0.1) is 6.61 Å². The van der Waals surface area contributed by atoms with Gasteiger partial charge in [-0.1, -0.05) is 44.6 Å². The Hall–Kier alpha value is -0.560. The van der Waals surface area contributed by atoms with E-state index in [1.807, 2.05) is 6.92 Å². The van der Waals surface area contributed by atoms with Crippen LogP contribution in [0.3, 0.4) is 0 Å². The minimum absolute atomic E-state index is 0.175. The van der Waals surface area contributed by atoms with Gasteiger partial charge in [-0.2, -0.15) is 0 Å². The average molecular weight is 222 g/mol. The third kappa shape index (κ3) is 2.57. The molecule has 92 valence electrons. The Labute approximate surface area is 100 Å². The lowest BCUT2D eigenvalue weighted by Gasteiger charge is -2.34. The van der Waals surface area contributed by atoms with E-state index in [2.05, 4.69) is 33.4 Å². The molecule has 1 nitrogen and oxygen atoms in total. The van der Waals surface area contributed by atoms with Gasteiger partial charge in [0, 0.05) is 0 Å². The standard InChI is InChI=1S/C15H26O/c1-11(2)14-7-6-13(4)15(14,5)9-8-12(3)10-16/h8,11,14,16H,4,6-7,9-10H2,1-3,5H3/b12-8+/t14-,15+/m1/s1. The first kappa shape index (κ1) is 13.5. The zero-order valence-electron chi connectivity index (χ0n) is 11.2. The lowest BCUT2D eigenvalue weighted by atomic mass is 9.70. The maximum Gasteiger partial charge on any atom is 0.0639 e. The predicted octanol–water partition coefficient (Wildman–Crippen LogP) is 3.94. The number of hydrogen-bond donors (Lipinski definition) is 1. The molecule has 1 saturated carbocycles. The van der Waals surface area contributed by atoms with Crippen molar-refractivity contribution in [2.75, 3.05) is 6.61 Å². The molecule has 1 heteroatoms. The van der Waals surface area contributed by atoms with Gasteiger partial charge >= 0.3 is 0 Å². The first-order chi connectivity index (χ1) is 7.41. The molecule has 0 heterocycles. The summed E-state index contributed by atoms with van der Waals surface area (Å²) in [6.45, 7) is 13.4. The lowest BCUT2D eigenvalue weighted by Crippen LogP contribution is -2.26. The quantitative estimate of drug-likeness (QED) is 0.714. The number of aliphatic hydroxyl groups is 1. The van der Waals surface area contributed by atoms with E-state index in [1.165, 1.54) is 18.4 Å². The molecule has 16 heavy (non-hydrogen) atoms. The third-order valence-corrected chi connectivity index (χ3v) is 4.31. The molecule has 1 fully saturated rings. The van der Waals surface area contributed by atoms with Crippen LogP contribution in [0.25, 0.3) is 0 Å². The highest BCUT2D eigenvalue weighted by atomic mass is 16.3. The van der Waals surface area contributed by atoms with Crippen LogP contribution in [0.2, 0.25) is 0 Å². The molecule has 2 atom stereocenters. The fourth-order valence-corrected chi connectivity index (χ4v) is 3.01. The van der Waals surface area contributed by atoms with Gasteiger partial charge in [-0.05, 0) is 43.4 Å². The maximum atomic E-state index is 9.04. The van der Waals surface area contributed by atoms with Crippen LogP contribution >= 0.6 is 0 Å². The predicted molar refractivity (Wildman–Crippen MR) is 70.3 cm³/mol. The highest BCUT2D eigenvalue weighted by Crippen LogP contribution is 2.52. The Morgan fingerprint density at radius 1 is 1.62 bits per heavy atom. The van der Waals surface area contributed by atoms with Crippen molar-refractivity contribution in [1.29, 1.82) is 0 Å². The van der Waals surface area contributed by atoms with Gasteiger partial charge in [0.15, 0.2) is 0 Å². The van der Waals surface area contributed by atoms with Gasteiger partial charge < -0.3 is 5.11 Å². The van der Waals surface area contributed by atoms with E-state index in [0.29, 0.717) is 5.92 Å². The van der Waals surface area contributed by atoms with Gasteiger partial charge in [0.1, 0.15) is 0 Å². The zero-order valence-corrected chi connectivity index (χ0v) is 11.2. The van der Waals surface area contributed by atoms with Crippen molar-refractivity contribution in [2.24, 2.45) is 17.3 Å². The molecule has 0 aromatic heterocycles. The van der Waals surface area contributed by atoms with E-state index in [-0.39, 0.29) is 12.0 Å². The summed E-state index contributed by atoms with van der Waals surface area (Å²) in [6.07, 6.45) is 5.66. The van der Waals surface area contributed by atoms with Crippen molar-refractivity contribution < 1.29 is 5.11 Å². The number of allylic oxidation sites excluding steroid dienone is 2. The van der Waals surface area contributed by atoms with Crippen LogP contribution in [0.1, 0.15) is 47.0 Å². The Bertz CT molecular complexity index is 288. The number of hydrogen-bond acceptors (Lipinski definition) is 1.